The number of halogens is 12. The van der Waals surface area contributed by atoms with Crippen LogP contribution in [0.25, 0.3) is 0 Å². The Morgan fingerprint density at radius 1 is 0.315 bits per heavy atom. The first kappa shape index (κ1) is 118. The molecule has 149 heavy (non-hydrogen) atoms. The third-order valence-electron chi connectivity index (χ3n) is 27.9. The first-order valence-corrected chi connectivity index (χ1v) is 51.6. The fraction of sp³-hybridized carbons (Fsp3) is 0.593. The van der Waals surface area contributed by atoms with Crippen LogP contribution in [0, 0.1) is 76.9 Å². The summed E-state index contributed by atoms with van der Waals surface area (Å²) in [7, 11) is 47.4. The molecule has 5 heterocycles. The van der Waals surface area contributed by atoms with Crippen LogP contribution in [0.3, 0.4) is 0 Å². The molecular formula is C86H76B12F12O35S4-4. The number of alkyl halides is 12. The highest BCUT2D eigenvalue weighted by Gasteiger charge is 2.75. The van der Waals surface area contributed by atoms with Crippen molar-refractivity contribution in [1.29, 1.82) is 0 Å². The van der Waals surface area contributed by atoms with Gasteiger partial charge in [0.25, 0.3) is 0 Å². The van der Waals surface area contributed by atoms with Crippen LogP contribution in [0.4, 0.5) is 52.7 Å². The Balaban J connectivity index is 0.000000176. The molecule has 4 aromatic carbocycles. The van der Waals surface area contributed by atoms with Gasteiger partial charge in [-0.1, -0.05) is 145 Å². The van der Waals surface area contributed by atoms with Crippen LogP contribution in [0.15, 0.2) is 48.5 Å². The molecule has 0 amide bonds. The quantitative estimate of drug-likeness (QED) is 0.0197. The molecule has 11 aliphatic rings. The molecule has 63 heteroatoms. The summed E-state index contributed by atoms with van der Waals surface area (Å²) in [5, 5.41) is 0. The first-order chi connectivity index (χ1) is 69.3. The minimum absolute atomic E-state index is 0.00328. The topological polar surface area (TPSA) is 527 Å². The molecule has 0 spiro atoms. The predicted molar refractivity (Wildman–Crippen MR) is 485 cm³/mol. The second-order valence-corrected chi connectivity index (χ2v) is 42.6. The van der Waals surface area contributed by atoms with E-state index in [0.717, 1.165) is 0 Å². The number of fused-ring (bicyclic) bond motifs is 5. The Bertz CT molecular complexity index is 6140. The van der Waals surface area contributed by atoms with Gasteiger partial charge < -0.3 is 75.1 Å². The SMILES string of the molecule is [B]Cc1cc(C[B])c(C[B])c(C(=O)OC2C3CC4C(OC(=O)C42)C3C(=O)OC(CS(=O)(=O)[O-])C(F)(F)F)c1.[B]Cc1cc(C[B])c(C[B])c(C(=O)OC2C3CC4C2OC(=O)C4C3C(=O)OC(CS(=O)(=O)[O-])C(F)(F)F)c1.[B]Cc1cc(C[B])c(C[B])c(C(=O)OC2C3OC(=O)C4C3OC2C4C(=O)OC(CS(=O)(=O)[O-])C(F)(F)F)c1.[B]Cc1cc(C[B])c(C[B])c(C(=O)OC2CC3CC(C(=O)OC(CS(=O)(=O)[O-])C(F)(F)F)C2C3)c1. The minimum atomic E-state index is -5.45. The molecule has 4 aromatic rings. The Hall–Kier alpha value is -9.41. The molecule has 5 saturated heterocycles. The summed E-state index contributed by atoms with van der Waals surface area (Å²) in [6, 6.07) is 12.6. The van der Waals surface area contributed by atoms with Gasteiger partial charge in [0.05, 0.1) is 198 Å². The third-order valence-corrected chi connectivity index (χ3v) is 30.7. The van der Waals surface area contributed by atoms with E-state index in [1.807, 2.05) is 0 Å². The van der Waals surface area contributed by atoms with Crippen LogP contribution in [0.5, 0.6) is 0 Å². The molecule has 5 aliphatic heterocycles. The van der Waals surface area contributed by atoms with Gasteiger partial charge in [-0.3, -0.25) is 33.6 Å². The van der Waals surface area contributed by atoms with Crippen LogP contribution in [-0.4, -0.2) is 339 Å². The number of carbonyl (C=O) groups excluding carboxylic acids is 11. The fourth-order valence-electron chi connectivity index (χ4n) is 21.6. The number of carbonyl (C=O) groups is 11. The smallest absolute Gasteiger partial charge is 0.426 e. The molecule has 26 unspecified atom stereocenters. The van der Waals surface area contributed by atoms with Gasteiger partial charge in [0.1, 0.15) is 66.4 Å². The molecular weight excluding hydrogens is 2080 g/mol. The van der Waals surface area contributed by atoms with E-state index in [9.17, 15) is 157 Å². The Labute approximate surface area is 859 Å². The normalized spacial score (nSPS) is 27.8. The summed E-state index contributed by atoms with van der Waals surface area (Å²) in [5.74, 6) is -33.3. The number of esters is 11. The van der Waals surface area contributed by atoms with Crippen molar-refractivity contribution in [2.45, 2.75) is 212 Å². The van der Waals surface area contributed by atoms with Crippen molar-refractivity contribution >= 4 is 200 Å². The second kappa shape index (κ2) is 46.1. The molecule has 0 N–H and O–H groups in total. The zero-order valence-electron chi connectivity index (χ0n) is 77.4. The standard InChI is InChI=1S/2C22H20B3F3O9S.C21H18B3F3O10S.C21H22B3F3O7S/c23-4-8-1-9(5-24)13(6-25)10(2-8)19(29)36-17-11-3-12-16(17)21(31)37-18(12)15(11)20(30)35-14(22(26,27)28)7-38(32,33)34;23-4-8-1-9(5-24)13(6-25)10(2-8)19(29)36-17-11-3-12-16(21(31)37-18(12)17)15(11)20(30)35-14(22(26,27)28)7-38(32,33)34;22-3-7-1-8(4-23)10(5-24)9(2-7)18(28)36-16-14-12(13-15(35-14)17(16)37-20(13)30)19(29)34-11(21(25,26)27)6-38(31,32)33;22-6-11-1-12(7-23)16(8-24)15(4-11)19(28)33-17-5-10-2-13(17)14(3-10)20(29)34-18(21(25,26)27)9-35(30,31)32/h2*1-2,11-12,14-18H,3-7H2,(H,32,33,34);1-2,11-17H,3-6H2,(H,31,32,33);1,4,10,13-14,17-18H,2-3,5-9H2,(H,30,31,32)/p-4. The molecule has 26 atom stereocenters. The average Bonchev–Trinajstić information content (AvgIpc) is 1.55. The van der Waals surface area contributed by atoms with Crippen LogP contribution in [0.1, 0.15) is 140 Å². The van der Waals surface area contributed by atoms with E-state index in [0.29, 0.717) is 79.6 Å². The minimum Gasteiger partial charge on any atom is -0.748 e. The highest BCUT2D eigenvalue weighted by molar-refractivity contribution is 7.86. The highest BCUT2D eigenvalue weighted by atomic mass is 32.2. The molecule has 778 valence electrons. The van der Waals surface area contributed by atoms with Crippen molar-refractivity contribution in [3.8, 4) is 0 Å². The molecule has 24 radical (unpaired) electrons. The summed E-state index contributed by atoms with van der Waals surface area (Å²) in [6.07, 6.45) is -43.0. The lowest BCUT2D eigenvalue weighted by molar-refractivity contribution is -0.220. The number of benzene rings is 4. The van der Waals surface area contributed by atoms with Crippen molar-refractivity contribution in [2.75, 3.05) is 23.0 Å². The fourth-order valence-corrected chi connectivity index (χ4v) is 24.1. The number of rotatable bonds is 36. The largest absolute Gasteiger partial charge is 0.748 e. The van der Waals surface area contributed by atoms with Gasteiger partial charge in [0, 0.05) is 29.6 Å². The summed E-state index contributed by atoms with van der Waals surface area (Å²) >= 11 is 0. The summed E-state index contributed by atoms with van der Waals surface area (Å²) in [5.41, 5.74) is 6.39. The van der Waals surface area contributed by atoms with Gasteiger partial charge >= 0.3 is 90.4 Å². The summed E-state index contributed by atoms with van der Waals surface area (Å²) < 4.78 is 351. The van der Waals surface area contributed by atoms with Crippen molar-refractivity contribution in [3.63, 3.8) is 0 Å². The molecule has 6 saturated carbocycles. The van der Waals surface area contributed by atoms with Crippen molar-refractivity contribution in [3.05, 3.63) is 138 Å². The maximum Gasteiger partial charge on any atom is 0.426 e. The monoisotopic (exact) mass is 2160 g/mol. The van der Waals surface area contributed by atoms with Crippen molar-refractivity contribution in [2.24, 2.45) is 76.9 Å². The lowest BCUT2D eigenvalue weighted by Gasteiger charge is -2.32. The third kappa shape index (κ3) is 26.1. The Morgan fingerprint density at radius 2 is 0.624 bits per heavy atom. The van der Waals surface area contributed by atoms with Gasteiger partial charge in [0.2, 0.25) is 24.4 Å². The van der Waals surface area contributed by atoms with Crippen molar-refractivity contribution in [1.82, 2.24) is 0 Å². The van der Waals surface area contributed by atoms with Gasteiger partial charge in [-0.05, 0) is 84.5 Å². The molecule has 6 aliphatic carbocycles. The van der Waals surface area contributed by atoms with E-state index in [1.54, 1.807) is 30.3 Å². The highest BCUT2D eigenvalue weighted by Crippen LogP contribution is 2.62. The zero-order valence-corrected chi connectivity index (χ0v) is 80.6. The molecule has 0 aromatic heterocycles. The van der Waals surface area contributed by atoms with Crippen molar-refractivity contribution < 1.29 is 214 Å². The van der Waals surface area contributed by atoms with Gasteiger partial charge in [0.15, 0.2) is 12.2 Å². The van der Waals surface area contributed by atoms with E-state index in [-0.39, 0.29) is 123 Å². The van der Waals surface area contributed by atoms with Gasteiger partial charge in [-0.15, -0.1) is 0 Å². The summed E-state index contributed by atoms with van der Waals surface area (Å²) in [4.78, 5) is 141. The second-order valence-electron chi connectivity index (χ2n) is 36.8. The average molecular weight is 2160 g/mol. The predicted octanol–water partition coefficient (Wildman–Crippen LogP) is 0.547. The number of hydrogen-bond donors (Lipinski definition) is 0. The first-order valence-electron chi connectivity index (χ1n) is 45.3. The van der Waals surface area contributed by atoms with E-state index >= 15 is 0 Å². The maximum atomic E-state index is 13.3. The maximum absolute atomic E-state index is 13.3. The van der Waals surface area contributed by atoms with Crippen LogP contribution < -0.4 is 0 Å². The van der Waals surface area contributed by atoms with Gasteiger partial charge in [-0.2, -0.15) is 52.7 Å². The summed E-state index contributed by atoms with van der Waals surface area (Å²) in [6.45, 7) is 0. The lowest BCUT2D eigenvalue weighted by atomic mass is 9.78. The number of hydrogen-bond acceptors (Lipinski definition) is 35. The van der Waals surface area contributed by atoms with Gasteiger partial charge in [-0.25, -0.2) is 52.8 Å². The molecule has 15 rings (SSSR count). The van der Waals surface area contributed by atoms with Crippen LogP contribution in [-0.2, 0) is 207 Å². The molecule has 35 nitrogen and oxygen atoms in total. The number of ether oxygens (including phenoxy) is 12. The zero-order chi connectivity index (χ0) is 111. The Morgan fingerprint density at radius 3 is 0.973 bits per heavy atom. The van der Waals surface area contributed by atoms with E-state index in [2.05, 4.69) is 18.9 Å². The van der Waals surface area contributed by atoms with Crippen LogP contribution >= 0.6 is 0 Å². The van der Waals surface area contributed by atoms with E-state index < -0.39 is 304 Å². The molecule has 8 bridgehead atoms. The van der Waals surface area contributed by atoms with E-state index in [4.69, 9.17) is 132 Å². The molecule has 11 fully saturated rings. The van der Waals surface area contributed by atoms with Crippen LogP contribution in [0.2, 0.25) is 0 Å². The lowest BCUT2D eigenvalue weighted by Crippen LogP contribution is -2.50. The Kier molecular flexibility index (Phi) is 36.6. The van der Waals surface area contributed by atoms with E-state index in [1.165, 1.54) is 18.2 Å².